The number of fused-ring (bicyclic) bond motifs is 1. The zero-order valence-corrected chi connectivity index (χ0v) is 10.8. The van der Waals surface area contributed by atoms with Crippen molar-refractivity contribution in [3.63, 3.8) is 0 Å². The molecule has 1 aliphatic heterocycles. The fraction of sp³-hybridized carbons (Fsp3) is 0.286. The van der Waals surface area contributed by atoms with Crippen molar-refractivity contribution in [2.75, 3.05) is 11.4 Å². The predicted octanol–water partition coefficient (Wildman–Crippen LogP) is 2.89. The van der Waals surface area contributed by atoms with E-state index >= 15 is 0 Å². The van der Waals surface area contributed by atoms with Crippen molar-refractivity contribution < 1.29 is 4.79 Å². The van der Waals surface area contributed by atoms with E-state index in [1.54, 1.807) is 4.90 Å². The molecule has 1 saturated heterocycles. The minimum atomic E-state index is -0.0928. The third-order valence-electron chi connectivity index (χ3n) is 3.19. The van der Waals surface area contributed by atoms with E-state index in [0.29, 0.717) is 13.0 Å². The molecule has 1 atom stereocenters. The molecule has 0 spiro atoms. The molecule has 1 aliphatic rings. The van der Waals surface area contributed by atoms with Crippen LogP contribution in [0.3, 0.4) is 0 Å². The fourth-order valence-electron chi connectivity index (χ4n) is 2.41. The number of alkyl halides is 1. The second kappa shape index (κ2) is 4.25. The van der Waals surface area contributed by atoms with Crippen molar-refractivity contribution in [3.05, 3.63) is 36.0 Å². The van der Waals surface area contributed by atoms with Crippen molar-refractivity contribution in [2.45, 2.75) is 18.7 Å². The van der Waals surface area contributed by atoms with Gasteiger partial charge in [0.2, 0.25) is 5.91 Å². The maximum Gasteiger partial charge on any atom is 0.228 e. The van der Waals surface area contributed by atoms with E-state index in [-0.39, 0.29) is 11.3 Å². The molecular formula is C14H13ClN2O. The number of benzene rings is 1. The Morgan fingerprint density at radius 2 is 2.17 bits per heavy atom. The second-order valence-electron chi connectivity index (χ2n) is 4.61. The van der Waals surface area contributed by atoms with Crippen LogP contribution in [0.25, 0.3) is 10.9 Å². The highest BCUT2D eigenvalue weighted by atomic mass is 35.5. The van der Waals surface area contributed by atoms with Gasteiger partial charge in [-0.25, -0.2) is 0 Å². The number of pyridine rings is 1. The number of carbonyl (C=O) groups excluding carboxylic acids is 1. The van der Waals surface area contributed by atoms with Crippen LogP contribution in [0.15, 0.2) is 30.3 Å². The largest absolute Gasteiger partial charge is 0.310 e. The summed E-state index contributed by atoms with van der Waals surface area (Å²) in [7, 11) is 0. The summed E-state index contributed by atoms with van der Waals surface area (Å²) in [6, 6.07) is 9.82. The minimum absolute atomic E-state index is 0.0887. The summed E-state index contributed by atoms with van der Waals surface area (Å²) in [6.45, 7) is 2.52. The third-order valence-corrected chi connectivity index (χ3v) is 3.48. The highest BCUT2D eigenvalue weighted by molar-refractivity contribution is 6.24. The summed E-state index contributed by atoms with van der Waals surface area (Å²) in [5.74, 6) is 0.0887. The molecule has 2 aromatic rings. The lowest BCUT2D eigenvalue weighted by molar-refractivity contribution is -0.117. The van der Waals surface area contributed by atoms with Crippen molar-refractivity contribution in [2.24, 2.45) is 0 Å². The summed E-state index contributed by atoms with van der Waals surface area (Å²) in [5, 5.41) is 0.909. The number of para-hydroxylation sites is 1. The Morgan fingerprint density at radius 3 is 2.89 bits per heavy atom. The minimum Gasteiger partial charge on any atom is -0.310 e. The van der Waals surface area contributed by atoms with E-state index in [9.17, 15) is 4.79 Å². The normalized spacial score (nSPS) is 19.8. The molecule has 3 nitrogen and oxygen atoms in total. The van der Waals surface area contributed by atoms with Gasteiger partial charge >= 0.3 is 0 Å². The van der Waals surface area contributed by atoms with Crippen molar-refractivity contribution >= 4 is 34.1 Å². The molecule has 1 fully saturated rings. The first-order valence-electron chi connectivity index (χ1n) is 5.96. The molecule has 1 unspecified atom stereocenters. The molecule has 1 aromatic carbocycles. The number of rotatable bonds is 1. The van der Waals surface area contributed by atoms with Crippen LogP contribution >= 0.6 is 11.6 Å². The Balaban J connectivity index is 2.19. The highest BCUT2D eigenvalue weighted by Crippen LogP contribution is 2.31. The molecule has 0 saturated carbocycles. The van der Waals surface area contributed by atoms with Crippen molar-refractivity contribution in [1.29, 1.82) is 0 Å². The molecule has 18 heavy (non-hydrogen) atoms. The van der Waals surface area contributed by atoms with Gasteiger partial charge in [-0.05, 0) is 19.1 Å². The smallest absolute Gasteiger partial charge is 0.228 e. The molecule has 1 amide bonds. The monoisotopic (exact) mass is 260 g/mol. The predicted molar refractivity (Wildman–Crippen MR) is 73.1 cm³/mol. The summed E-state index contributed by atoms with van der Waals surface area (Å²) in [6.07, 6.45) is 0.414. The summed E-state index contributed by atoms with van der Waals surface area (Å²) < 4.78 is 0. The Hall–Kier alpha value is -1.61. The highest BCUT2D eigenvalue weighted by Gasteiger charge is 2.30. The number of hydrogen-bond acceptors (Lipinski definition) is 2. The second-order valence-corrected chi connectivity index (χ2v) is 5.22. The van der Waals surface area contributed by atoms with E-state index in [1.165, 1.54) is 0 Å². The number of hydrogen-bond donors (Lipinski definition) is 0. The maximum absolute atomic E-state index is 12.0. The number of anilines is 1. The van der Waals surface area contributed by atoms with Gasteiger partial charge in [0, 0.05) is 24.0 Å². The summed E-state index contributed by atoms with van der Waals surface area (Å²) >= 11 is 6.06. The lowest BCUT2D eigenvalue weighted by Crippen LogP contribution is -2.25. The van der Waals surface area contributed by atoms with Gasteiger partial charge in [0.25, 0.3) is 0 Å². The van der Waals surface area contributed by atoms with Gasteiger partial charge in [0.1, 0.15) is 0 Å². The standard InChI is InChI=1S/C14H13ClN2O/c1-9-6-13(17-8-10(15)7-14(17)18)11-4-2-3-5-12(11)16-9/h2-6,10H,7-8H2,1H3. The molecule has 0 N–H and O–H groups in total. The van der Waals surface area contributed by atoms with Crippen LogP contribution in [0.4, 0.5) is 5.69 Å². The molecule has 0 bridgehead atoms. The van der Waals surface area contributed by atoms with Gasteiger partial charge in [0.15, 0.2) is 0 Å². The van der Waals surface area contributed by atoms with Gasteiger partial charge in [-0.3, -0.25) is 9.78 Å². The summed E-state index contributed by atoms with van der Waals surface area (Å²) in [5.41, 5.74) is 2.75. The van der Waals surface area contributed by atoms with Crippen molar-refractivity contribution in [3.8, 4) is 0 Å². The lowest BCUT2D eigenvalue weighted by Gasteiger charge is -2.18. The Labute approximate surface area is 110 Å². The van der Waals surface area contributed by atoms with Gasteiger partial charge < -0.3 is 4.90 Å². The van der Waals surface area contributed by atoms with E-state index < -0.39 is 0 Å². The Bertz CT molecular complexity index is 626. The number of amides is 1. The summed E-state index contributed by atoms with van der Waals surface area (Å²) in [4.78, 5) is 18.2. The molecule has 92 valence electrons. The number of aromatic nitrogens is 1. The third kappa shape index (κ3) is 1.85. The first-order chi connectivity index (χ1) is 8.65. The molecule has 0 aliphatic carbocycles. The van der Waals surface area contributed by atoms with Crippen LogP contribution in [0, 0.1) is 6.92 Å². The van der Waals surface area contributed by atoms with Crippen LogP contribution in [0.5, 0.6) is 0 Å². The van der Waals surface area contributed by atoms with Crippen LogP contribution in [-0.2, 0) is 4.79 Å². The van der Waals surface area contributed by atoms with Gasteiger partial charge in [-0.15, -0.1) is 11.6 Å². The van der Waals surface area contributed by atoms with Gasteiger partial charge in [-0.1, -0.05) is 18.2 Å². The number of nitrogens with zero attached hydrogens (tertiary/aromatic N) is 2. The average Bonchev–Trinajstić information content (AvgIpc) is 2.67. The molecule has 1 aromatic heterocycles. The number of aryl methyl sites for hydroxylation is 1. The molecule has 3 rings (SSSR count). The van der Waals surface area contributed by atoms with E-state index in [0.717, 1.165) is 22.3 Å². The van der Waals surface area contributed by atoms with Gasteiger partial charge in [-0.2, -0.15) is 0 Å². The molecule has 0 radical (unpaired) electrons. The zero-order chi connectivity index (χ0) is 12.7. The zero-order valence-electron chi connectivity index (χ0n) is 10.1. The number of carbonyl (C=O) groups is 1. The van der Waals surface area contributed by atoms with Crippen LogP contribution < -0.4 is 4.90 Å². The lowest BCUT2D eigenvalue weighted by atomic mass is 10.1. The van der Waals surface area contributed by atoms with E-state index in [1.807, 2.05) is 37.3 Å². The molecule has 4 heteroatoms. The van der Waals surface area contributed by atoms with Crippen LogP contribution in [-0.4, -0.2) is 22.8 Å². The first kappa shape index (κ1) is 11.5. The van der Waals surface area contributed by atoms with Crippen LogP contribution in [0.1, 0.15) is 12.1 Å². The van der Waals surface area contributed by atoms with E-state index in [4.69, 9.17) is 11.6 Å². The maximum atomic E-state index is 12.0. The topological polar surface area (TPSA) is 33.2 Å². The van der Waals surface area contributed by atoms with Crippen LogP contribution in [0.2, 0.25) is 0 Å². The fourth-order valence-corrected chi connectivity index (χ4v) is 2.68. The van der Waals surface area contributed by atoms with Gasteiger partial charge in [0.05, 0.1) is 16.6 Å². The quantitative estimate of drug-likeness (QED) is 0.739. The van der Waals surface area contributed by atoms with Crippen molar-refractivity contribution in [1.82, 2.24) is 4.98 Å². The average molecular weight is 261 g/mol. The first-order valence-corrected chi connectivity index (χ1v) is 6.39. The SMILES string of the molecule is Cc1cc(N2CC(Cl)CC2=O)c2ccccc2n1. The molecular weight excluding hydrogens is 248 g/mol. The number of halogens is 1. The Kier molecular flexibility index (Phi) is 2.71. The Morgan fingerprint density at radius 1 is 1.39 bits per heavy atom. The molecule has 2 heterocycles. The van der Waals surface area contributed by atoms with E-state index in [2.05, 4.69) is 4.98 Å².